The highest BCUT2D eigenvalue weighted by Crippen LogP contribution is 2.25. The Bertz CT molecular complexity index is 528. The molecule has 144 valence electrons. The smallest absolute Gasteiger partial charge is 0.263 e. The Balaban J connectivity index is 2.38. The predicted octanol–water partition coefficient (Wildman–Crippen LogP) is 5.46. The second kappa shape index (κ2) is 10.9. The molecule has 1 atom stereocenters. The van der Waals surface area contributed by atoms with Crippen LogP contribution in [0.5, 0.6) is 0 Å². The Labute approximate surface area is 157 Å². The average Bonchev–Trinajstić information content (AvgIpc) is 2.95. The number of aromatic nitrogens is 1. The summed E-state index contributed by atoms with van der Waals surface area (Å²) in [5, 5.41) is 4.03. The molecular formula is C20H36N2O2S. The number of unbranched alkanes of at least 4 members (excludes halogenated alkanes) is 1. The molecule has 0 aliphatic heterocycles. The molecule has 4 nitrogen and oxygen atoms in total. The van der Waals surface area contributed by atoms with Crippen LogP contribution in [0.3, 0.4) is 0 Å². The average molecular weight is 369 g/mol. The van der Waals surface area contributed by atoms with E-state index in [0.29, 0.717) is 19.1 Å². The molecule has 5 heteroatoms. The lowest BCUT2D eigenvalue weighted by Gasteiger charge is -2.30. The quantitative estimate of drug-likeness (QED) is 0.498. The van der Waals surface area contributed by atoms with E-state index in [1.54, 1.807) is 0 Å². The number of nitrogens with zero attached hydrogens (tertiary/aromatic N) is 1. The van der Waals surface area contributed by atoms with Crippen molar-refractivity contribution in [1.82, 2.24) is 10.3 Å². The van der Waals surface area contributed by atoms with E-state index in [0.717, 1.165) is 41.3 Å². The van der Waals surface area contributed by atoms with Crippen molar-refractivity contribution in [2.75, 3.05) is 13.2 Å². The highest BCUT2D eigenvalue weighted by molar-refractivity contribution is 7.13. The molecule has 1 heterocycles. The van der Waals surface area contributed by atoms with Crippen LogP contribution < -0.4 is 5.32 Å². The number of nitrogens with one attached hydrogen (secondary N) is 1. The molecule has 0 saturated carbocycles. The van der Waals surface area contributed by atoms with E-state index in [-0.39, 0.29) is 11.5 Å². The van der Waals surface area contributed by atoms with E-state index in [4.69, 9.17) is 4.74 Å². The number of ether oxygens (including phenoxy) is 1. The van der Waals surface area contributed by atoms with E-state index < -0.39 is 0 Å². The maximum atomic E-state index is 12.3. The fraction of sp³-hybridized carbons (Fsp3) is 0.800. The van der Waals surface area contributed by atoms with Gasteiger partial charge in [-0.3, -0.25) is 4.79 Å². The lowest BCUT2D eigenvalue weighted by Crippen LogP contribution is -2.31. The van der Waals surface area contributed by atoms with Gasteiger partial charge in [-0.25, -0.2) is 4.98 Å². The van der Waals surface area contributed by atoms with Crippen LogP contribution in [0.1, 0.15) is 99.4 Å². The van der Waals surface area contributed by atoms with Gasteiger partial charge in [-0.2, -0.15) is 0 Å². The lowest BCUT2D eigenvalue weighted by molar-refractivity contribution is -0.0459. The largest absolute Gasteiger partial charge is 0.375 e. The number of hydrogen-bond acceptors (Lipinski definition) is 4. The summed E-state index contributed by atoms with van der Waals surface area (Å²) >= 11 is 1.51. The molecule has 25 heavy (non-hydrogen) atoms. The minimum Gasteiger partial charge on any atom is -0.375 e. The van der Waals surface area contributed by atoms with Crippen LogP contribution in [0.4, 0.5) is 0 Å². The van der Waals surface area contributed by atoms with Gasteiger partial charge < -0.3 is 10.1 Å². The van der Waals surface area contributed by atoms with Crippen LogP contribution in [-0.4, -0.2) is 29.6 Å². The van der Waals surface area contributed by atoms with Gasteiger partial charge in [-0.05, 0) is 33.1 Å². The molecule has 1 rings (SSSR count). The van der Waals surface area contributed by atoms with Crippen molar-refractivity contribution in [2.24, 2.45) is 0 Å². The topological polar surface area (TPSA) is 51.2 Å². The molecule has 0 spiro atoms. The summed E-state index contributed by atoms with van der Waals surface area (Å²) in [6.45, 7) is 14.1. The van der Waals surface area contributed by atoms with Gasteiger partial charge in [0.15, 0.2) is 0 Å². The predicted molar refractivity (Wildman–Crippen MR) is 107 cm³/mol. The van der Waals surface area contributed by atoms with Crippen LogP contribution in [0.2, 0.25) is 0 Å². The summed E-state index contributed by atoms with van der Waals surface area (Å²) < 4.78 is 6.16. The lowest BCUT2D eigenvalue weighted by atomic mass is 9.93. The number of aryl methyl sites for hydroxylation is 1. The first-order chi connectivity index (χ1) is 11.8. The maximum absolute atomic E-state index is 12.3. The Hall–Kier alpha value is -0.940. The first kappa shape index (κ1) is 22.1. The summed E-state index contributed by atoms with van der Waals surface area (Å²) in [7, 11) is 0. The van der Waals surface area contributed by atoms with Crippen molar-refractivity contribution in [2.45, 2.75) is 91.6 Å². The molecule has 1 amide bonds. The summed E-state index contributed by atoms with van der Waals surface area (Å²) in [6.07, 6.45) is 6.59. The van der Waals surface area contributed by atoms with Crippen molar-refractivity contribution in [3.63, 3.8) is 0 Å². The van der Waals surface area contributed by atoms with E-state index in [9.17, 15) is 4.79 Å². The zero-order valence-electron chi connectivity index (χ0n) is 16.9. The van der Waals surface area contributed by atoms with E-state index in [1.807, 2.05) is 6.92 Å². The normalized spacial score (nSPS) is 13.9. The SMILES string of the molecule is CCCCC(C)(CCC)OCCCNC(=O)c1sc(C(C)C)nc1C. The molecule has 0 bridgehead atoms. The standard InChI is InChI=1S/C20H36N2O2S/c1-7-9-12-20(6,11-8-2)24-14-10-13-21-18(23)17-16(5)22-19(25-17)15(3)4/h15H,7-14H2,1-6H3,(H,21,23). The molecule has 0 fully saturated rings. The number of hydrogen-bond donors (Lipinski definition) is 1. The van der Waals surface area contributed by atoms with Gasteiger partial charge >= 0.3 is 0 Å². The Kier molecular flexibility index (Phi) is 9.65. The molecule has 1 aromatic heterocycles. The molecule has 0 radical (unpaired) electrons. The highest BCUT2D eigenvalue weighted by Gasteiger charge is 2.23. The number of rotatable bonds is 12. The second-order valence-corrected chi connectivity index (χ2v) is 8.41. The van der Waals surface area contributed by atoms with Gasteiger partial charge in [0.1, 0.15) is 4.88 Å². The van der Waals surface area contributed by atoms with Gasteiger partial charge in [-0.1, -0.05) is 47.0 Å². The number of thiazole rings is 1. The maximum Gasteiger partial charge on any atom is 0.263 e. The first-order valence-electron chi connectivity index (χ1n) is 9.72. The van der Waals surface area contributed by atoms with Crippen LogP contribution in [-0.2, 0) is 4.74 Å². The fourth-order valence-corrected chi connectivity index (χ4v) is 3.88. The number of amides is 1. The second-order valence-electron chi connectivity index (χ2n) is 7.38. The summed E-state index contributed by atoms with van der Waals surface area (Å²) in [6, 6.07) is 0. The van der Waals surface area contributed by atoms with E-state index >= 15 is 0 Å². The fourth-order valence-electron chi connectivity index (χ4n) is 2.90. The zero-order valence-corrected chi connectivity index (χ0v) is 17.7. The monoisotopic (exact) mass is 368 g/mol. The zero-order chi connectivity index (χ0) is 18.9. The third-order valence-electron chi connectivity index (χ3n) is 4.41. The molecular weight excluding hydrogens is 332 g/mol. The number of carbonyl (C=O) groups is 1. The highest BCUT2D eigenvalue weighted by atomic mass is 32.1. The molecule has 0 saturated heterocycles. The molecule has 0 aliphatic carbocycles. The Morgan fingerprint density at radius 1 is 1.24 bits per heavy atom. The van der Waals surface area contributed by atoms with Crippen LogP contribution >= 0.6 is 11.3 Å². The molecule has 1 unspecified atom stereocenters. The summed E-state index contributed by atoms with van der Waals surface area (Å²) in [4.78, 5) is 17.6. The van der Waals surface area contributed by atoms with Crippen molar-refractivity contribution in [3.05, 3.63) is 15.6 Å². The minimum atomic E-state index is -0.0187. The summed E-state index contributed by atoms with van der Waals surface area (Å²) in [5.41, 5.74) is 0.812. The van der Waals surface area contributed by atoms with Gasteiger partial charge in [-0.15, -0.1) is 11.3 Å². The van der Waals surface area contributed by atoms with Crippen molar-refractivity contribution in [3.8, 4) is 0 Å². The number of carbonyl (C=O) groups excluding carboxylic acids is 1. The van der Waals surface area contributed by atoms with Crippen LogP contribution in [0.25, 0.3) is 0 Å². The van der Waals surface area contributed by atoms with Crippen molar-refractivity contribution < 1.29 is 9.53 Å². The van der Waals surface area contributed by atoms with Gasteiger partial charge in [0, 0.05) is 19.1 Å². The van der Waals surface area contributed by atoms with Crippen molar-refractivity contribution >= 4 is 17.2 Å². The van der Waals surface area contributed by atoms with Gasteiger partial charge in [0.05, 0.1) is 16.3 Å². The molecule has 1 N–H and O–H groups in total. The molecule has 0 aliphatic rings. The van der Waals surface area contributed by atoms with E-state index in [1.165, 1.54) is 24.2 Å². The van der Waals surface area contributed by atoms with Crippen LogP contribution in [0, 0.1) is 6.92 Å². The summed E-state index contributed by atoms with van der Waals surface area (Å²) in [5.74, 6) is 0.349. The third kappa shape index (κ3) is 7.45. The molecule has 1 aromatic rings. The Morgan fingerprint density at radius 3 is 2.52 bits per heavy atom. The minimum absolute atomic E-state index is 0.01000. The van der Waals surface area contributed by atoms with Gasteiger partial charge in [0.25, 0.3) is 5.91 Å². The first-order valence-corrected chi connectivity index (χ1v) is 10.5. The molecule has 0 aromatic carbocycles. The third-order valence-corrected chi connectivity index (χ3v) is 5.87. The van der Waals surface area contributed by atoms with E-state index in [2.05, 4.69) is 44.9 Å². The Morgan fingerprint density at radius 2 is 1.96 bits per heavy atom. The van der Waals surface area contributed by atoms with Crippen molar-refractivity contribution in [1.29, 1.82) is 0 Å². The van der Waals surface area contributed by atoms with Crippen LogP contribution in [0.15, 0.2) is 0 Å². The van der Waals surface area contributed by atoms with Gasteiger partial charge in [0.2, 0.25) is 0 Å².